The van der Waals surface area contributed by atoms with Crippen molar-refractivity contribution in [3.8, 4) is 0 Å². The molecule has 2 heteroatoms. The van der Waals surface area contributed by atoms with Crippen LogP contribution < -0.4 is 5.32 Å². The predicted molar refractivity (Wildman–Crippen MR) is 71.4 cm³/mol. The molecule has 2 aromatic rings. The summed E-state index contributed by atoms with van der Waals surface area (Å²) in [6.45, 7) is 1.01. The highest BCUT2D eigenvalue weighted by Crippen LogP contribution is 2.30. The first-order chi connectivity index (χ1) is 8.34. The van der Waals surface area contributed by atoms with Gasteiger partial charge in [0.2, 0.25) is 0 Å². The van der Waals surface area contributed by atoms with Crippen molar-refractivity contribution in [1.82, 2.24) is 5.32 Å². The summed E-state index contributed by atoms with van der Waals surface area (Å²) in [5, 5.41) is 4.40. The molecule has 86 valence electrons. The van der Waals surface area contributed by atoms with Crippen LogP contribution in [-0.2, 0) is 6.42 Å². The van der Waals surface area contributed by atoms with Crippen LogP contribution in [0.1, 0.15) is 22.7 Å². The molecule has 1 N–H and O–H groups in total. The van der Waals surface area contributed by atoms with E-state index in [0.717, 1.165) is 18.0 Å². The van der Waals surface area contributed by atoms with Crippen LogP contribution in [0.3, 0.4) is 0 Å². The van der Waals surface area contributed by atoms with Crippen molar-refractivity contribution < 1.29 is 0 Å². The minimum Gasteiger partial charge on any atom is -0.306 e. The Kier molecular flexibility index (Phi) is 2.87. The average Bonchev–Trinajstić information content (AvgIpc) is 2.39. The number of rotatable bonds is 1. The van der Waals surface area contributed by atoms with Crippen molar-refractivity contribution in [3.63, 3.8) is 0 Å². The summed E-state index contributed by atoms with van der Waals surface area (Å²) in [6, 6.07) is 17.1. The first kappa shape index (κ1) is 10.8. The van der Waals surface area contributed by atoms with E-state index in [-0.39, 0.29) is 0 Å². The van der Waals surface area contributed by atoms with Gasteiger partial charge in [-0.2, -0.15) is 0 Å². The zero-order valence-corrected chi connectivity index (χ0v) is 10.2. The number of benzene rings is 2. The number of fused-ring (bicyclic) bond motifs is 1. The molecule has 0 bridgehead atoms. The van der Waals surface area contributed by atoms with E-state index in [1.165, 1.54) is 16.7 Å². The highest BCUT2D eigenvalue weighted by Gasteiger charge is 2.20. The Morgan fingerprint density at radius 2 is 1.88 bits per heavy atom. The summed E-state index contributed by atoms with van der Waals surface area (Å²) in [5.41, 5.74) is 4.03. The monoisotopic (exact) mass is 243 g/mol. The number of hydrogen-bond acceptors (Lipinski definition) is 1. The molecule has 1 aliphatic rings. The van der Waals surface area contributed by atoms with Crippen molar-refractivity contribution in [2.75, 3.05) is 6.54 Å². The fraction of sp³-hybridized carbons (Fsp3) is 0.200. The van der Waals surface area contributed by atoms with Crippen LogP contribution in [0.5, 0.6) is 0 Å². The zero-order valence-electron chi connectivity index (χ0n) is 9.49. The number of halogens is 1. The quantitative estimate of drug-likeness (QED) is 0.808. The van der Waals surface area contributed by atoms with Gasteiger partial charge < -0.3 is 5.32 Å². The SMILES string of the molecule is Clc1ccc2c(c1)CCN[C@H]2c1ccccc1. The lowest BCUT2D eigenvalue weighted by molar-refractivity contribution is 0.568. The standard InChI is InChI=1S/C15H14ClN/c16-13-6-7-14-12(10-13)8-9-17-15(14)11-4-2-1-3-5-11/h1-7,10,15,17H,8-9H2/t15-/m0/s1. The van der Waals surface area contributed by atoms with Gasteiger partial charge in [-0.15, -0.1) is 0 Å². The van der Waals surface area contributed by atoms with E-state index < -0.39 is 0 Å². The van der Waals surface area contributed by atoms with Gasteiger partial charge in [-0.05, 0) is 35.2 Å². The summed E-state index contributed by atoms with van der Waals surface area (Å²) in [6.07, 6.45) is 1.05. The lowest BCUT2D eigenvalue weighted by Crippen LogP contribution is -2.30. The molecule has 1 nitrogen and oxygen atoms in total. The molecule has 0 unspecified atom stereocenters. The van der Waals surface area contributed by atoms with Crippen molar-refractivity contribution in [2.45, 2.75) is 12.5 Å². The molecule has 17 heavy (non-hydrogen) atoms. The van der Waals surface area contributed by atoms with Gasteiger partial charge in [0, 0.05) is 11.6 Å². The van der Waals surface area contributed by atoms with Crippen LogP contribution >= 0.6 is 11.6 Å². The molecule has 1 aliphatic heterocycles. The summed E-state index contributed by atoms with van der Waals surface area (Å²) in [7, 11) is 0. The second-order valence-corrected chi connectivity index (χ2v) is 4.83. The number of nitrogens with one attached hydrogen (secondary N) is 1. The summed E-state index contributed by atoms with van der Waals surface area (Å²) >= 11 is 6.05. The van der Waals surface area contributed by atoms with Crippen LogP contribution in [0.4, 0.5) is 0 Å². The number of hydrogen-bond donors (Lipinski definition) is 1. The highest BCUT2D eigenvalue weighted by molar-refractivity contribution is 6.30. The van der Waals surface area contributed by atoms with E-state index >= 15 is 0 Å². The Bertz CT molecular complexity index is 522. The lowest BCUT2D eigenvalue weighted by Gasteiger charge is -2.27. The van der Waals surface area contributed by atoms with Gasteiger partial charge in [0.25, 0.3) is 0 Å². The predicted octanol–water partition coefficient (Wildman–Crippen LogP) is 3.58. The second kappa shape index (κ2) is 4.52. The molecule has 0 spiro atoms. The highest BCUT2D eigenvalue weighted by atomic mass is 35.5. The molecule has 3 rings (SSSR count). The first-order valence-corrected chi connectivity index (χ1v) is 6.29. The van der Waals surface area contributed by atoms with Gasteiger partial charge in [-0.3, -0.25) is 0 Å². The molecular weight excluding hydrogens is 230 g/mol. The topological polar surface area (TPSA) is 12.0 Å². The van der Waals surface area contributed by atoms with Gasteiger partial charge in [-0.25, -0.2) is 0 Å². The minimum absolute atomic E-state index is 0.303. The van der Waals surface area contributed by atoms with Gasteiger partial charge in [0.15, 0.2) is 0 Å². The van der Waals surface area contributed by atoms with Crippen molar-refractivity contribution in [1.29, 1.82) is 0 Å². The van der Waals surface area contributed by atoms with Crippen LogP contribution in [0, 0.1) is 0 Å². The van der Waals surface area contributed by atoms with E-state index in [1.54, 1.807) is 0 Å². The molecule has 0 saturated carbocycles. The third-order valence-corrected chi connectivity index (χ3v) is 3.53. The van der Waals surface area contributed by atoms with E-state index in [4.69, 9.17) is 11.6 Å². The molecular formula is C15H14ClN. The van der Waals surface area contributed by atoms with Crippen LogP contribution in [0.25, 0.3) is 0 Å². The summed E-state index contributed by atoms with van der Waals surface area (Å²) < 4.78 is 0. The van der Waals surface area contributed by atoms with Crippen molar-refractivity contribution in [3.05, 3.63) is 70.2 Å². The van der Waals surface area contributed by atoms with Gasteiger partial charge in [0.05, 0.1) is 6.04 Å². The van der Waals surface area contributed by atoms with E-state index in [0.29, 0.717) is 6.04 Å². The molecule has 0 fully saturated rings. The smallest absolute Gasteiger partial charge is 0.0579 e. The Labute approximate surface area is 106 Å². The third kappa shape index (κ3) is 2.08. The maximum atomic E-state index is 6.05. The van der Waals surface area contributed by atoms with E-state index in [2.05, 4.69) is 47.8 Å². The molecule has 1 atom stereocenters. The summed E-state index contributed by atoms with van der Waals surface area (Å²) in [4.78, 5) is 0. The maximum Gasteiger partial charge on any atom is 0.0579 e. The fourth-order valence-corrected chi connectivity index (χ4v) is 2.67. The van der Waals surface area contributed by atoms with Gasteiger partial charge in [-0.1, -0.05) is 48.0 Å². The van der Waals surface area contributed by atoms with Crippen LogP contribution in [-0.4, -0.2) is 6.54 Å². The minimum atomic E-state index is 0.303. The lowest BCUT2D eigenvalue weighted by atomic mass is 9.90. The fourth-order valence-electron chi connectivity index (χ4n) is 2.48. The molecule has 0 amide bonds. The van der Waals surface area contributed by atoms with Crippen LogP contribution in [0.2, 0.25) is 5.02 Å². The Hall–Kier alpha value is -1.31. The molecule has 0 aliphatic carbocycles. The van der Waals surface area contributed by atoms with Gasteiger partial charge >= 0.3 is 0 Å². The zero-order chi connectivity index (χ0) is 11.7. The van der Waals surface area contributed by atoms with Crippen molar-refractivity contribution >= 4 is 11.6 Å². The Morgan fingerprint density at radius 1 is 1.06 bits per heavy atom. The van der Waals surface area contributed by atoms with E-state index in [1.807, 2.05) is 6.07 Å². The molecule has 0 radical (unpaired) electrons. The normalized spacial score (nSPS) is 18.8. The largest absolute Gasteiger partial charge is 0.306 e. The molecule has 1 heterocycles. The van der Waals surface area contributed by atoms with Crippen LogP contribution in [0.15, 0.2) is 48.5 Å². The maximum absolute atomic E-state index is 6.05. The summed E-state index contributed by atoms with van der Waals surface area (Å²) in [5.74, 6) is 0. The van der Waals surface area contributed by atoms with Crippen molar-refractivity contribution in [2.24, 2.45) is 0 Å². The van der Waals surface area contributed by atoms with E-state index in [9.17, 15) is 0 Å². The Morgan fingerprint density at radius 3 is 2.71 bits per heavy atom. The molecule has 0 saturated heterocycles. The third-order valence-electron chi connectivity index (χ3n) is 3.29. The Balaban J connectivity index is 2.06. The molecule has 2 aromatic carbocycles. The first-order valence-electron chi connectivity index (χ1n) is 5.91. The molecule has 0 aromatic heterocycles. The average molecular weight is 244 g/mol. The van der Waals surface area contributed by atoms with Gasteiger partial charge in [0.1, 0.15) is 0 Å². The second-order valence-electron chi connectivity index (χ2n) is 4.39.